The van der Waals surface area contributed by atoms with Crippen LogP contribution in [0.3, 0.4) is 0 Å². The van der Waals surface area contributed by atoms with Gasteiger partial charge in [0.1, 0.15) is 0 Å². The number of carbonyl (C=O) groups is 1. The summed E-state index contributed by atoms with van der Waals surface area (Å²) in [5.41, 5.74) is 1.11. The van der Waals surface area contributed by atoms with E-state index < -0.39 is 0 Å². The molecule has 0 atom stereocenters. The summed E-state index contributed by atoms with van der Waals surface area (Å²) in [5.74, 6) is 0.198. The van der Waals surface area contributed by atoms with Crippen molar-refractivity contribution in [3.05, 3.63) is 34.3 Å². The number of halogens is 1. The van der Waals surface area contributed by atoms with E-state index >= 15 is 0 Å². The Kier molecular flexibility index (Phi) is 4.40. The summed E-state index contributed by atoms with van der Waals surface area (Å²) in [6.45, 7) is 1.49. The van der Waals surface area contributed by atoms with Gasteiger partial charge in [-0.05, 0) is 37.9 Å². The molecule has 2 N–H and O–H groups in total. The summed E-state index contributed by atoms with van der Waals surface area (Å²) >= 11 is 3.52. The van der Waals surface area contributed by atoms with Crippen LogP contribution < -0.4 is 10.6 Å². The summed E-state index contributed by atoms with van der Waals surface area (Å²) < 4.78 is 1.11. The first-order chi connectivity index (χ1) is 8.68. The first-order valence-corrected chi connectivity index (χ1v) is 7.13. The predicted molar refractivity (Wildman–Crippen MR) is 76.4 cm³/mol. The van der Waals surface area contributed by atoms with Gasteiger partial charge >= 0.3 is 0 Å². The van der Waals surface area contributed by atoms with Gasteiger partial charge in [0, 0.05) is 17.6 Å². The molecule has 0 radical (unpaired) electrons. The lowest BCUT2D eigenvalue weighted by Gasteiger charge is -2.14. The van der Waals surface area contributed by atoms with Crippen LogP contribution in [0.15, 0.2) is 28.7 Å². The Hall–Kier alpha value is -0.870. The second-order valence-electron chi connectivity index (χ2n) is 4.91. The summed E-state index contributed by atoms with van der Waals surface area (Å²) in [6, 6.07) is 8.13. The average Bonchev–Trinajstić information content (AvgIpc) is 3.13. The highest BCUT2D eigenvalue weighted by Crippen LogP contribution is 2.45. The zero-order valence-corrected chi connectivity index (χ0v) is 12.2. The fourth-order valence-electron chi connectivity index (χ4n) is 2.17. The van der Waals surface area contributed by atoms with Crippen LogP contribution in [-0.4, -0.2) is 26.0 Å². The third-order valence-corrected chi connectivity index (χ3v) is 4.26. The molecule has 18 heavy (non-hydrogen) atoms. The second kappa shape index (κ2) is 5.85. The molecule has 1 fully saturated rings. The maximum absolute atomic E-state index is 12.0. The molecule has 3 nitrogen and oxygen atoms in total. The molecule has 1 amide bonds. The van der Waals surface area contributed by atoms with E-state index in [4.69, 9.17) is 0 Å². The molecule has 0 aliphatic heterocycles. The Morgan fingerprint density at radius 1 is 1.39 bits per heavy atom. The Balaban J connectivity index is 1.79. The van der Waals surface area contributed by atoms with Crippen molar-refractivity contribution in [1.82, 2.24) is 10.6 Å². The van der Waals surface area contributed by atoms with Crippen molar-refractivity contribution in [3.8, 4) is 0 Å². The largest absolute Gasteiger partial charge is 0.355 e. The molecule has 0 aromatic heterocycles. The summed E-state index contributed by atoms with van der Waals surface area (Å²) in [4.78, 5) is 12.0. The van der Waals surface area contributed by atoms with Gasteiger partial charge in [0.15, 0.2) is 0 Å². The Morgan fingerprint density at radius 2 is 2.11 bits per heavy atom. The molecular formula is C14H19BrN2O. The highest BCUT2D eigenvalue weighted by atomic mass is 79.9. The minimum atomic E-state index is -0.122. The number of nitrogens with one attached hydrogen (secondary N) is 2. The van der Waals surface area contributed by atoms with E-state index in [1.54, 1.807) is 0 Å². The number of hydrogen-bond donors (Lipinski definition) is 2. The molecule has 98 valence electrons. The van der Waals surface area contributed by atoms with Crippen molar-refractivity contribution in [2.24, 2.45) is 5.41 Å². The topological polar surface area (TPSA) is 41.1 Å². The summed E-state index contributed by atoms with van der Waals surface area (Å²) in [6.07, 6.45) is 2.88. The van der Waals surface area contributed by atoms with Gasteiger partial charge in [-0.3, -0.25) is 4.79 Å². The maximum Gasteiger partial charge on any atom is 0.227 e. The summed E-state index contributed by atoms with van der Waals surface area (Å²) in [7, 11) is 1.90. The van der Waals surface area contributed by atoms with Crippen molar-refractivity contribution in [3.63, 3.8) is 0 Å². The van der Waals surface area contributed by atoms with E-state index in [-0.39, 0.29) is 11.3 Å². The molecule has 1 aromatic rings. The Labute approximate surface area is 116 Å². The lowest BCUT2D eigenvalue weighted by atomic mass is 10.1. The highest BCUT2D eigenvalue weighted by molar-refractivity contribution is 9.10. The smallest absolute Gasteiger partial charge is 0.227 e. The van der Waals surface area contributed by atoms with Gasteiger partial charge in [-0.15, -0.1) is 0 Å². The van der Waals surface area contributed by atoms with Crippen molar-refractivity contribution in [2.45, 2.75) is 19.3 Å². The zero-order valence-electron chi connectivity index (χ0n) is 10.6. The first-order valence-electron chi connectivity index (χ1n) is 6.34. The molecule has 1 aliphatic carbocycles. The molecular weight excluding hydrogens is 292 g/mol. The van der Waals surface area contributed by atoms with Gasteiger partial charge in [0.25, 0.3) is 0 Å². The third kappa shape index (κ3) is 3.12. The van der Waals surface area contributed by atoms with E-state index in [0.717, 1.165) is 30.3 Å². The Bertz CT molecular complexity index is 430. The minimum absolute atomic E-state index is 0.122. The van der Waals surface area contributed by atoms with Crippen molar-refractivity contribution in [2.75, 3.05) is 20.1 Å². The lowest BCUT2D eigenvalue weighted by Crippen LogP contribution is -2.38. The predicted octanol–water partition coefficient (Wildman–Crippen LogP) is 2.11. The molecule has 4 heteroatoms. The van der Waals surface area contributed by atoms with Crippen LogP contribution in [0.5, 0.6) is 0 Å². The van der Waals surface area contributed by atoms with E-state index in [1.165, 1.54) is 5.56 Å². The number of rotatable bonds is 6. The maximum atomic E-state index is 12.0. The quantitative estimate of drug-likeness (QED) is 0.845. The molecule has 0 unspecified atom stereocenters. The van der Waals surface area contributed by atoms with Gasteiger partial charge < -0.3 is 10.6 Å². The molecule has 0 spiro atoms. The molecule has 0 heterocycles. The van der Waals surface area contributed by atoms with Crippen LogP contribution in [0, 0.1) is 5.41 Å². The van der Waals surface area contributed by atoms with Crippen LogP contribution in [-0.2, 0) is 11.2 Å². The Morgan fingerprint density at radius 3 is 2.72 bits per heavy atom. The molecule has 1 aliphatic rings. The zero-order chi connectivity index (χ0) is 13.0. The van der Waals surface area contributed by atoms with Gasteiger partial charge in [-0.1, -0.05) is 34.1 Å². The molecule has 1 aromatic carbocycles. The average molecular weight is 311 g/mol. The number of carbonyl (C=O) groups excluding carboxylic acids is 1. The molecule has 2 rings (SSSR count). The SMILES string of the molecule is CNCC1(C(=O)NCCc2ccccc2Br)CC1. The second-order valence-corrected chi connectivity index (χ2v) is 5.76. The van der Waals surface area contributed by atoms with E-state index in [2.05, 4.69) is 32.6 Å². The minimum Gasteiger partial charge on any atom is -0.355 e. The van der Waals surface area contributed by atoms with Gasteiger partial charge in [-0.25, -0.2) is 0 Å². The highest BCUT2D eigenvalue weighted by Gasteiger charge is 2.48. The fraction of sp³-hybridized carbons (Fsp3) is 0.500. The van der Waals surface area contributed by atoms with Crippen molar-refractivity contribution in [1.29, 1.82) is 0 Å². The van der Waals surface area contributed by atoms with Crippen LogP contribution in [0.1, 0.15) is 18.4 Å². The van der Waals surface area contributed by atoms with E-state index in [0.29, 0.717) is 6.54 Å². The third-order valence-electron chi connectivity index (χ3n) is 3.49. The van der Waals surface area contributed by atoms with Crippen LogP contribution >= 0.6 is 15.9 Å². The van der Waals surface area contributed by atoms with Gasteiger partial charge in [0.2, 0.25) is 5.91 Å². The number of benzene rings is 1. The fourth-order valence-corrected chi connectivity index (χ4v) is 2.66. The first kappa shape index (κ1) is 13.6. The van der Waals surface area contributed by atoms with E-state index in [9.17, 15) is 4.79 Å². The van der Waals surface area contributed by atoms with Crippen molar-refractivity contribution < 1.29 is 4.79 Å². The molecule has 1 saturated carbocycles. The number of amides is 1. The summed E-state index contributed by atoms with van der Waals surface area (Å²) in [5, 5.41) is 6.15. The van der Waals surface area contributed by atoms with E-state index in [1.807, 2.05) is 25.2 Å². The van der Waals surface area contributed by atoms with Crippen LogP contribution in [0.25, 0.3) is 0 Å². The van der Waals surface area contributed by atoms with Crippen LogP contribution in [0.4, 0.5) is 0 Å². The molecule has 0 bridgehead atoms. The van der Waals surface area contributed by atoms with Crippen molar-refractivity contribution >= 4 is 21.8 Å². The number of hydrogen-bond acceptors (Lipinski definition) is 2. The standard InChI is InChI=1S/C14H19BrN2O/c1-16-10-14(7-8-14)13(18)17-9-6-11-4-2-3-5-12(11)15/h2-5,16H,6-10H2,1H3,(H,17,18). The van der Waals surface area contributed by atoms with Crippen LogP contribution in [0.2, 0.25) is 0 Å². The monoisotopic (exact) mass is 310 g/mol. The lowest BCUT2D eigenvalue weighted by molar-refractivity contribution is -0.126. The molecule has 0 saturated heterocycles. The van der Waals surface area contributed by atoms with Gasteiger partial charge in [-0.2, -0.15) is 0 Å². The normalized spacial score (nSPS) is 16.3. The van der Waals surface area contributed by atoms with Gasteiger partial charge in [0.05, 0.1) is 5.41 Å².